The fourth-order valence-electron chi connectivity index (χ4n) is 3.01. The van der Waals surface area contributed by atoms with Crippen molar-refractivity contribution in [1.29, 1.82) is 0 Å². The Morgan fingerprint density at radius 3 is 2.54 bits per heavy atom. The monoisotopic (exact) mass is 342 g/mol. The number of likely N-dealkylation sites (tertiary alicyclic amines) is 1. The second-order valence-corrected chi connectivity index (χ2v) is 6.40. The lowest BCUT2D eigenvalue weighted by molar-refractivity contribution is -0.119. The first-order chi connectivity index (χ1) is 11.6. The molecule has 5 heteroatoms. The van der Waals surface area contributed by atoms with Crippen LogP contribution in [-0.2, 0) is 4.79 Å². The maximum atomic E-state index is 12.8. The molecule has 0 bridgehead atoms. The van der Waals surface area contributed by atoms with Gasteiger partial charge in [0, 0.05) is 22.8 Å². The predicted molar refractivity (Wildman–Crippen MR) is 95.3 cm³/mol. The number of amides is 2. The zero-order valence-electron chi connectivity index (χ0n) is 13.5. The largest absolute Gasteiger partial charge is 0.327 e. The van der Waals surface area contributed by atoms with Crippen LogP contribution in [0.25, 0.3) is 0 Å². The summed E-state index contributed by atoms with van der Waals surface area (Å²) in [5.74, 6) is -0.237. The van der Waals surface area contributed by atoms with Crippen molar-refractivity contribution in [2.75, 3.05) is 11.9 Å². The zero-order chi connectivity index (χ0) is 17.1. The van der Waals surface area contributed by atoms with E-state index in [1.54, 1.807) is 29.2 Å². The number of hydrogen-bond donors (Lipinski definition) is 1. The van der Waals surface area contributed by atoms with Gasteiger partial charge in [0.15, 0.2) is 0 Å². The summed E-state index contributed by atoms with van der Waals surface area (Å²) in [5.41, 5.74) is 2.26. The van der Waals surface area contributed by atoms with E-state index in [1.165, 1.54) is 0 Å². The van der Waals surface area contributed by atoms with Crippen LogP contribution >= 0.6 is 11.6 Å². The summed E-state index contributed by atoms with van der Waals surface area (Å²) in [4.78, 5) is 27.1. The van der Waals surface area contributed by atoms with Crippen LogP contribution in [0.15, 0.2) is 48.5 Å². The van der Waals surface area contributed by atoms with Gasteiger partial charge < -0.3 is 10.2 Å². The standard InChI is InChI=1S/C19H19ClN2O2/c1-13-5-2-3-6-16(13)19(24)22-12-4-7-17(22)18(23)21-15-10-8-14(20)9-11-15/h2-3,5-6,8-11,17H,4,7,12H2,1H3,(H,21,23)/t17-/m0/s1. The van der Waals surface area contributed by atoms with Gasteiger partial charge in [0.05, 0.1) is 0 Å². The Morgan fingerprint density at radius 1 is 1.12 bits per heavy atom. The zero-order valence-corrected chi connectivity index (χ0v) is 14.2. The van der Waals surface area contributed by atoms with Crippen molar-refractivity contribution in [2.45, 2.75) is 25.8 Å². The van der Waals surface area contributed by atoms with Crippen LogP contribution in [-0.4, -0.2) is 29.3 Å². The molecule has 0 aliphatic carbocycles. The maximum absolute atomic E-state index is 12.8. The Bertz CT molecular complexity index is 758. The Kier molecular flexibility index (Phi) is 4.86. The molecule has 2 aromatic rings. The first kappa shape index (κ1) is 16.5. The molecule has 0 radical (unpaired) electrons. The number of hydrogen-bond acceptors (Lipinski definition) is 2. The Morgan fingerprint density at radius 2 is 1.83 bits per heavy atom. The van der Waals surface area contributed by atoms with E-state index in [9.17, 15) is 9.59 Å². The summed E-state index contributed by atoms with van der Waals surface area (Å²) in [6.07, 6.45) is 1.51. The van der Waals surface area contributed by atoms with Gasteiger partial charge >= 0.3 is 0 Å². The number of rotatable bonds is 3. The lowest BCUT2D eigenvalue weighted by Gasteiger charge is -2.24. The predicted octanol–water partition coefficient (Wildman–Crippen LogP) is 3.89. The molecule has 0 unspecified atom stereocenters. The second-order valence-electron chi connectivity index (χ2n) is 5.97. The Hall–Kier alpha value is -2.33. The van der Waals surface area contributed by atoms with Crippen molar-refractivity contribution >= 4 is 29.1 Å². The summed E-state index contributed by atoms with van der Waals surface area (Å²) in [6.45, 7) is 2.51. The summed E-state index contributed by atoms with van der Waals surface area (Å²) in [6, 6.07) is 14.0. The Balaban J connectivity index is 1.75. The second kappa shape index (κ2) is 7.05. The van der Waals surface area contributed by atoms with E-state index in [0.29, 0.717) is 29.2 Å². The SMILES string of the molecule is Cc1ccccc1C(=O)N1CCC[C@H]1C(=O)Nc1ccc(Cl)cc1. The third kappa shape index (κ3) is 3.44. The quantitative estimate of drug-likeness (QED) is 0.919. The highest BCUT2D eigenvalue weighted by atomic mass is 35.5. The number of halogens is 1. The molecule has 0 saturated carbocycles. The van der Waals surface area contributed by atoms with Crippen LogP contribution in [0.4, 0.5) is 5.69 Å². The van der Waals surface area contributed by atoms with Crippen molar-refractivity contribution < 1.29 is 9.59 Å². The highest BCUT2D eigenvalue weighted by Crippen LogP contribution is 2.23. The summed E-state index contributed by atoms with van der Waals surface area (Å²) in [5, 5.41) is 3.49. The van der Waals surface area contributed by atoms with E-state index in [4.69, 9.17) is 11.6 Å². The van der Waals surface area contributed by atoms with Crippen LogP contribution in [0.1, 0.15) is 28.8 Å². The topological polar surface area (TPSA) is 49.4 Å². The van der Waals surface area contributed by atoms with Gasteiger partial charge in [-0.25, -0.2) is 0 Å². The molecule has 124 valence electrons. The lowest BCUT2D eigenvalue weighted by Crippen LogP contribution is -2.43. The van der Waals surface area contributed by atoms with Gasteiger partial charge in [-0.1, -0.05) is 29.8 Å². The van der Waals surface area contributed by atoms with E-state index in [-0.39, 0.29) is 11.8 Å². The van der Waals surface area contributed by atoms with E-state index in [1.807, 2.05) is 31.2 Å². The van der Waals surface area contributed by atoms with Gasteiger partial charge in [-0.05, 0) is 55.7 Å². The highest BCUT2D eigenvalue weighted by Gasteiger charge is 2.34. The molecule has 0 aromatic heterocycles. The van der Waals surface area contributed by atoms with Crippen molar-refractivity contribution in [1.82, 2.24) is 4.90 Å². The fourth-order valence-corrected chi connectivity index (χ4v) is 3.13. The molecule has 1 aliphatic heterocycles. The van der Waals surface area contributed by atoms with E-state index >= 15 is 0 Å². The number of nitrogens with one attached hydrogen (secondary N) is 1. The molecule has 2 amide bonds. The molecule has 24 heavy (non-hydrogen) atoms. The van der Waals surface area contributed by atoms with Gasteiger partial charge in [-0.3, -0.25) is 9.59 Å². The molecular weight excluding hydrogens is 324 g/mol. The van der Waals surface area contributed by atoms with E-state index in [0.717, 1.165) is 12.0 Å². The first-order valence-corrected chi connectivity index (χ1v) is 8.37. The van der Waals surface area contributed by atoms with E-state index < -0.39 is 6.04 Å². The van der Waals surface area contributed by atoms with Crippen LogP contribution in [0.2, 0.25) is 5.02 Å². The van der Waals surface area contributed by atoms with Gasteiger partial charge in [0.2, 0.25) is 5.91 Å². The van der Waals surface area contributed by atoms with E-state index in [2.05, 4.69) is 5.32 Å². The number of anilines is 1. The third-order valence-corrected chi connectivity index (χ3v) is 4.56. The number of carbonyl (C=O) groups is 2. The number of carbonyl (C=O) groups excluding carboxylic acids is 2. The minimum absolute atomic E-state index is 0.0816. The molecule has 1 atom stereocenters. The summed E-state index contributed by atoms with van der Waals surface area (Å²) >= 11 is 5.86. The first-order valence-electron chi connectivity index (χ1n) is 7.99. The van der Waals surface area contributed by atoms with Gasteiger partial charge in [0.25, 0.3) is 5.91 Å². The van der Waals surface area contributed by atoms with Gasteiger partial charge in [-0.2, -0.15) is 0 Å². The number of benzene rings is 2. The summed E-state index contributed by atoms with van der Waals surface area (Å²) in [7, 11) is 0. The van der Waals surface area contributed by atoms with Crippen molar-refractivity contribution in [3.05, 3.63) is 64.7 Å². The minimum Gasteiger partial charge on any atom is -0.327 e. The van der Waals surface area contributed by atoms with Gasteiger partial charge in [-0.15, -0.1) is 0 Å². The minimum atomic E-state index is -0.437. The molecule has 1 aliphatic rings. The lowest BCUT2D eigenvalue weighted by atomic mass is 10.1. The maximum Gasteiger partial charge on any atom is 0.254 e. The molecule has 2 aromatic carbocycles. The normalized spacial score (nSPS) is 16.9. The molecule has 1 heterocycles. The molecule has 4 nitrogen and oxygen atoms in total. The molecule has 0 spiro atoms. The van der Waals surface area contributed by atoms with Crippen LogP contribution < -0.4 is 5.32 Å². The number of aryl methyl sites for hydroxylation is 1. The Labute approximate surface area is 146 Å². The van der Waals surface area contributed by atoms with Crippen LogP contribution in [0, 0.1) is 6.92 Å². The van der Waals surface area contributed by atoms with Crippen molar-refractivity contribution in [3.8, 4) is 0 Å². The molecular formula is C19H19ClN2O2. The molecule has 1 fully saturated rings. The third-order valence-electron chi connectivity index (χ3n) is 4.30. The average molecular weight is 343 g/mol. The summed E-state index contributed by atoms with van der Waals surface area (Å²) < 4.78 is 0. The molecule has 3 rings (SSSR count). The number of nitrogens with zero attached hydrogens (tertiary/aromatic N) is 1. The van der Waals surface area contributed by atoms with Gasteiger partial charge in [0.1, 0.15) is 6.04 Å². The molecule has 1 N–H and O–H groups in total. The average Bonchev–Trinajstić information content (AvgIpc) is 3.06. The highest BCUT2D eigenvalue weighted by molar-refractivity contribution is 6.30. The van der Waals surface area contributed by atoms with Crippen molar-refractivity contribution in [2.24, 2.45) is 0 Å². The van der Waals surface area contributed by atoms with Crippen LogP contribution in [0.3, 0.4) is 0 Å². The van der Waals surface area contributed by atoms with Crippen molar-refractivity contribution in [3.63, 3.8) is 0 Å². The fraction of sp³-hybridized carbons (Fsp3) is 0.263. The smallest absolute Gasteiger partial charge is 0.254 e. The molecule has 1 saturated heterocycles. The van der Waals surface area contributed by atoms with Crippen LogP contribution in [0.5, 0.6) is 0 Å².